The van der Waals surface area contributed by atoms with E-state index in [1.807, 2.05) is 11.8 Å². The Labute approximate surface area is 104 Å². The third-order valence-corrected chi connectivity index (χ3v) is 4.50. The molecule has 0 radical (unpaired) electrons. The van der Waals surface area contributed by atoms with Gasteiger partial charge in [-0.15, -0.1) is 0 Å². The molecule has 0 aromatic heterocycles. The van der Waals surface area contributed by atoms with Crippen LogP contribution in [0.2, 0.25) is 0 Å². The molecule has 0 spiro atoms. The van der Waals surface area contributed by atoms with Gasteiger partial charge in [0.25, 0.3) is 0 Å². The molecule has 1 aliphatic heterocycles. The summed E-state index contributed by atoms with van der Waals surface area (Å²) in [5, 5.41) is 3.89. The molecule has 0 amide bonds. The average molecular weight is 265 g/mol. The lowest BCUT2D eigenvalue weighted by molar-refractivity contribution is -0.159. The maximum absolute atomic E-state index is 12.9. The summed E-state index contributed by atoms with van der Waals surface area (Å²) in [5.41, 5.74) is 0. The van der Waals surface area contributed by atoms with Crippen molar-refractivity contribution in [3.05, 3.63) is 0 Å². The summed E-state index contributed by atoms with van der Waals surface area (Å²) >= 11 is 1.85. The SMILES string of the molecule is CSC1CCC(NCC2CC(F)(F)C(=O)O2)C1. The first kappa shape index (κ1) is 13.1. The first-order valence-electron chi connectivity index (χ1n) is 5.86. The van der Waals surface area contributed by atoms with E-state index in [1.165, 1.54) is 6.42 Å². The Morgan fingerprint density at radius 3 is 2.82 bits per heavy atom. The van der Waals surface area contributed by atoms with E-state index in [0.717, 1.165) is 12.8 Å². The molecule has 1 aliphatic carbocycles. The van der Waals surface area contributed by atoms with Crippen LogP contribution in [0.3, 0.4) is 0 Å². The Kier molecular flexibility index (Phi) is 3.92. The number of nitrogens with one attached hydrogen (secondary N) is 1. The van der Waals surface area contributed by atoms with Crippen LogP contribution in [0.15, 0.2) is 0 Å². The van der Waals surface area contributed by atoms with Gasteiger partial charge in [-0.2, -0.15) is 20.5 Å². The monoisotopic (exact) mass is 265 g/mol. The van der Waals surface area contributed by atoms with Crippen molar-refractivity contribution < 1.29 is 18.3 Å². The molecule has 17 heavy (non-hydrogen) atoms. The maximum atomic E-state index is 12.9. The fourth-order valence-corrected chi connectivity index (χ4v) is 3.20. The minimum absolute atomic E-state index is 0.340. The van der Waals surface area contributed by atoms with Gasteiger partial charge < -0.3 is 10.1 Å². The Morgan fingerprint density at radius 1 is 1.53 bits per heavy atom. The Hall–Kier alpha value is -0.360. The second-order valence-electron chi connectivity index (χ2n) is 4.71. The summed E-state index contributed by atoms with van der Waals surface area (Å²) in [6.07, 6.45) is 4.23. The molecule has 0 bridgehead atoms. The largest absolute Gasteiger partial charge is 0.456 e. The van der Waals surface area contributed by atoms with Crippen molar-refractivity contribution >= 4 is 17.7 Å². The van der Waals surface area contributed by atoms with E-state index in [2.05, 4.69) is 16.3 Å². The van der Waals surface area contributed by atoms with Gasteiger partial charge in [-0.3, -0.25) is 0 Å². The van der Waals surface area contributed by atoms with Crippen LogP contribution in [0.25, 0.3) is 0 Å². The molecule has 2 fully saturated rings. The number of alkyl halides is 2. The van der Waals surface area contributed by atoms with Gasteiger partial charge in [0.1, 0.15) is 6.10 Å². The van der Waals surface area contributed by atoms with Crippen molar-refractivity contribution in [3.63, 3.8) is 0 Å². The molecule has 1 saturated heterocycles. The highest BCUT2D eigenvalue weighted by Crippen LogP contribution is 2.31. The van der Waals surface area contributed by atoms with E-state index in [0.29, 0.717) is 17.8 Å². The van der Waals surface area contributed by atoms with Crippen LogP contribution in [-0.2, 0) is 9.53 Å². The predicted octanol–water partition coefficient (Wildman–Crippen LogP) is 1.81. The Bertz CT molecular complexity index is 301. The molecule has 1 saturated carbocycles. The van der Waals surface area contributed by atoms with E-state index in [9.17, 15) is 13.6 Å². The molecular weight excluding hydrogens is 248 g/mol. The van der Waals surface area contributed by atoms with Crippen LogP contribution < -0.4 is 5.32 Å². The van der Waals surface area contributed by atoms with E-state index in [1.54, 1.807) is 0 Å². The third-order valence-electron chi connectivity index (χ3n) is 3.41. The number of halogens is 2. The molecular formula is C11H17F2NO2S. The van der Waals surface area contributed by atoms with Crippen LogP contribution in [0.4, 0.5) is 8.78 Å². The van der Waals surface area contributed by atoms with Crippen LogP contribution in [0.5, 0.6) is 0 Å². The summed E-state index contributed by atoms with van der Waals surface area (Å²) in [4.78, 5) is 10.8. The number of esters is 1. The number of cyclic esters (lactones) is 1. The number of carbonyl (C=O) groups excluding carboxylic acids is 1. The van der Waals surface area contributed by atoms with Crippen molar-refractivity contribution in [1.82, 2.24) is 5.32 Å². The lowest BCUT2D eigenvalue weighted by atomic mass is 10.2. The molecule has 98 valence electrons. The van der Waals surface area contributed by atoms with Gasteiger partial charge in [-0.1, -0.05) is 0 Å². The topological polar surface area (TPSA) is 38.3 Å². The number of rotatable bonds is 4. The summed E-state index contributed by atoms with van der Waals surface area (Å²) in [6.45, 7) is 0.340. The molecule has 3 unspecified atom stereocenters. The van der Waals surface area contributed by atoms with E-state index >= 15 is 0 Å². The number of hydrogen-bond acceptors (Lipinski definition) is 4. The van der Waals surface area contributed by atoms with Gasteiger partial charge in [0.15, 0.2) is 0 Å². The van der Waals surface area contributed by atoms with Crippen molar-refractivity contribution in [1.29, 1.82) is 0 Å². The highest BCUT2D eigenvalue weighted by Gasteiger charge is 2.50. The summed E-state index contributed by atoms with van der Waals surface area (Å²) in [5.74, 6) is -4.66. The number of ether oxygens (including phenoxy) is 1. The Balaban J connectivity index is 1.72. The van der Waals surface area contributed by atoms with Gasteiger partial charge in [-0.25, -0.2) is 4.79 Å². The molecule has 1 N–H and O–H groups in total. The lowest BCUT2D eigenvalue weighted by Gasteiger charge is -2.15. The molecule has 0 aromatic carbocycles. The van der Waals surface area contributed by atoms with Gasteiger partial charge in [0, 0.05) is 17.8 Å². The quantitative estimate of drug-likeness (QED) is 0.787. The fourth-order valence-electron chi connectivity index (χ4n) is 2.40. The zero-order chi connectivity index (χ0) is 12.5. The number of thioether (sulfide) groups is 1. The van der Waals surface area contributed by atoms with Gasteiger partial charge in [0.05, 0.1) is 6.42 Å². The first-order chi connectivity index (χ1) is 8.01. The zero-order valence-electron chi connectivity index (χ0n) is 9.75. The van der Waals surface area contributed by atoms with Gasteiger partial charge in [-0.05, 0) is 25.5 Å². The standard InChI is InChI=1S/C11H17F2NO2S/c1-17-9-3-2-7(4-9)14-6-8-5-11(12,13)10(15)16-8/h7-9,14H,2-6H2,1H3. The highest BCUT2D eigenvalue weighted by atomic mass is 32.2. The lowest BCUT2D eigenvalue weighted by Crippen LogP contribution is -2.34. The van der Waals surface area contributed by atoms with Crippen LogP contribution in [-0.4, -0.2) is 42.1 Å². The second-order valence-corrected chi connectivity index (χ2v) is 5.85. The minimum atomic E-state index is -3.29. The first-order valence-corrected chi connectivity index (χ1v) is 7.15. The van der Waals surface area contributed by atoms with Crippen molar-refractivity contribution in [2.75, 3.05) is 12.8 Å². The predicted molar refractivity (Wildman–Crippen MR) is 62.4 cm³/mol. The van der Waals surface area contributed by atoms with E-state index in [-0.39, 0.29) is 0 Å². The van der Waals surface area contributed by atoms with E-state index < -0.39 is 24.4 Å². The summed E-state index contributed by atoms with van der Waals surface area (Å²) < 4.78 is 30.4. The molecule has 3 atom stereocenters. The van der Waals surface area contributed by atoms with Crippen molar-refractivity contribution in [3.8, 4) is 0 Å². The molecule has 2 rings (SSSR count). The van der Waals surface area contributed by atoms with E-state index in [4.69, 9.17) is 0 Å². The number of hydrogen-bond donors (Lipinski definition) is 1. The van der Waals surface area contributed by atoms with Gasteiger partial charge >= 0.3 is 11.9 Å². The zero-order valence-corrected chi connectivity index (χ0v) is 10.6. The van der Waals surface area contributed by atoms with Crippen LogP contribution >= 0.6 is 11.8 Å². The molecule has 0 aromatic rings. The van der Waals surface area contributed by atoms with Crippen LogP contribution in [0, 0.1) is 0 Å². The molecule has 6 heteroatoms. The Morgan fingerprint density at radius 2 is 2.29 bits per heavy atom. The molecule has 3 nitrogen and oxygen atoms in total. The molecule has 1 heterocycles. The molecule has 2 aliphatic rings. The smallest absolute Gasteiger partial charge is 0.377 e. The third kappa shape index (κ3) is 3.10. The second kappa shape index (κ2) is 5.10. The highest BCUT2D eigenvalue weighted by molar-refractivity contribution is 7.99. The van der Waals surface area contributed by atoms with Gasteiger partial charge in [0.2, 0.25) is 0 Å². The minimum Gasteiger partial charge on any atom is -0.456 e. The fraction of sp³-hybridized carbons (Fsp3) is 0.909. The summed E-state index contributed by atoms with van der Waals surface area (Å²) in [7, 11) is 0. The van der Waals surface area contributed by atoms with Crippen LogP contribution in [0.1, 0.15) is 25.7 Å². The summed E-state index contributed by atoms with van der Waals surface area (Å²) in [6, 6.07) is 0.375. The average Bonchev–Trinajstić information content (AvgIpc) is 2.81. The maximum Gasteiger partial charge on any atom is 0.377 e. The van der Waals surface area contributed by atoms with Crippen molar-refractivity contribution in [2.24, 2.45) is 0 Å². The number of carbonyl (C=O) groups is 1. The normalized spacial score (nSPS) is 36.2. The van der Waals surface area contributed by atoms with Crippen molar-refractivity contribution in [2.45, 2.75) is 49.0 Å².